The van der Waals surface area contributed by atoms with Crippen LogP contribution in [0.2, 0.25) is 0 Å². The minimum atomic E-state index is -0.437. The van der Waals surface area contributed by atoms with Gasteiger partial charge in [-0.3, -0.25) is 0 Å². The fraction of sp³-hybridized carbons (Fsp3) is 0.357. The van der Waals surface area contributed by atoms with E-state index in [1.807, 2.05) is 24.6 Å². The molecule has 21 heavy (non-hydrogen) atoms. The molecule has 0 saturated heterocycles. The fourth-order valence-corrected chi connectivity index (χ4v) is 2.03. The van der Waals surface area contributed by atoms with Gasteiger partial charge in [0.25, 0.3) is 0 Å². The zero-order valence-corrected chi connectivity index (χ0v) is 12.4. The summed E-state index contributed by atoms with van der Waals surface area (Å²) in [4.78, 5) is 11.7. The summed E-state index contributed by atoms with van der Waals surface area (Å²) < 4.78 is 6.61. The van der Waals surface area contributed by atoms with Gasteiger partial charge in [0.15, 0.2) is 0 Å². The third-order valence-electron chi connectivity index (χ3n) is 3.28. The Morgan fingerprint density at radius 1 is 1.48 bits per heavy atom. The minimum Gasteiger partial charge on any atom is -0.465 e. The van der Waals surface area contributed by atoms with Gasteiger partial charge in [-0.2, -0.15) is 0 Å². The van der Waals surface area contributed by atoms with Gasteiger partial charge in [-0.1, -0.05) is 0 Å². The molecule has 0 spiro atoms. The first-order valence-electron chi connectivity index (χ1n) is 6.58. The highest BCUT2D eigenvalue weighted by molar-refractivity contribution is 5.97. The predicted molar refractivity (Wildman–Crippen MR) is 80.1 cm³/mol. The SMILES string of the molecule is COC(=O)c1cc(NCCc2nncn2C)cc(C)c1N. The lowest BCUT2D eigenvalue weighted by Crippen LogP contribution is -2.11. The molecule has 0 aliphatic rings. The molecule has 0 bridgehead atoms. The van der Waals surface area contributed by atoms with Crippen molar-refractivity contribution in [2.45, 2.75) is 13.3 Å². The maximum atomic E-state index is 11.7. The molecule has 1 aromatic carbocycles. The van der Waals surface area contributed by atoms with Crippen LogP contribution in [0.3, 0.4) is 0 Å². The molecule has 2 aromatic rings. The van der Waals surface area contributed by atoms with Crippen LogP contribution >= 0.6 is 0 Å². The number of anilines is 2. The average Bonchev–Trinajstić information content (AvgIpc) is 2.87. The highest BCUT2D eigenvalue weighted by atomic mass is 16.5. The fourth-order valence-electron chi connectivity index (χ4n) is 2.03. The first-order chi connectivity index (χ1) is 10.0. The van der Waals surface area contributed by atoms with Gasteiger partial charge in [-0.05, 0) is 24.6 Å². The Morgan fingerprint density at radius 3 is 2.86 bits per heavy atom. The van der Waals surface area contributed by atoms with Crippen molar-refractivity contribution in [3.63, 3.8) is 0 Å². The van der Waals surface area contributed by atoms with Crippen LogP contribution in [0.5, 0.6) is 0 Å². The van der Waals surface area contributed by atoms with Crippen molar-refractivity contribution in [2.75, 3.05) is 24.7 Å². The molecule has 0 amide bonds. The summed E-state index contributed by atoms with van der Waals surface area (Å²) in [6, 6.07) is 3.60. The maximum absolute atomic E-state index is 11.7. The molecule has 1 aromatic heterocycles. The van der Waals surface area contributed by atoms with Crippen LogP contribution in [-0.2, 0) is 18.2 Å². The number of ether oxygens (including phenoxy) is 1. The van der Waals surface area contributed by atoms with E-state index in [9.17, 15) is 4.79 Å². The quantitative estimate of drug-likeness (QED) is 0.633. The monoisotopic (exact) mass is 289 g/mol. The largest absolute Gasteiger partial charge is 0.465 e. The number of nitrogens with two attached hydrogens (primary N) is 1. The summed E-state index contributed by atoms with van der Waals surface area (Å²) in [5.41, 5.74) is 8.38. The van der Waals surface area contributed by atoms with Gasteiger partial charge >= 0.3 is 5.97 Å². The van der Waals surface area contributed by atoms with Crippen molar-refractivity contribution >= 4 is 17.3 Å². The molecule has 0 radical (unpaired) electrons. The second-order valence-corrected chi connectivity index (χ2v) is 4.78. The van der Waals surface area contributed by atoms with E-state index in [2.05, 4.69) is 15.5 Å². The van der Waals surface area contributed by atoms with Gasteiger partial charge < -0.3 is 20.4 Å². The highest BCUT2D eigenvalue weighted by Gasteiger charge is 2.13. The van der Waals surface area contributed by atoms with E-state index in [4.69, 9.17) is 10.5 Å². The van der Waals surface area contributed by atoms with E-state index in [1.165, 1.54) is 7.11 Å². The van der Waals surface area contributed by atoms with Crippen LogP contribution in [0.25, 0.3) is 0 Å². The number of hydrogen-bond donors (Lipinski definition) is 2. The molecule has 2 rings (SSSR count). The Labute approximate surface area is 123 Å². The number of esters is 1. The van der Waals surface area contributed by atoms with Crippen LogP contribution in [-0.4, -0.2) is 34.4 Å². The number of benzene rings is 1. The minimum absolute atomic E-state index is 0.374. The number of hydrogen-bond acceptors (Lipinski definition) is 6. The second kappa shape index (κ2) is 6.25. The normalized spacial score (nSPS) is 10.4. The molecule has 0 fully saturated rings. The number of carbonyl (C=O) groups excluding carboxylic acids is 1. The van der Waals surface area contributed by atoms with E-state index >= 15 is 0 Å². The van der Waals surface area contributed by atoms with E-state index in [0.717, 1.165) is 23.5 Å². The van der Waals surface area contributed by atoms with Crippen molar-refractivity contribution in [1.82, 2.24) is 14.8 Å². The number of aryl methyl sites for hydroxylation is 2. The van der Waals surface area contributed by atoms with Gasteiger partial charge in [-0.15, -0.1) is 10.2 Å². The molecular weight excluding hydrogens is 270 g/mol. The summed E-state index contributed by atoms with van der Waals surface area (Å²) in [5.74, 6) is 0.454. The number of rotatable bonds is 5. The molecule has 7 heteroatoms. The Balaban J connectivity index is 2.08. The number of nitrogens with one attached hydrogen (secondary N) is 1. The van der Waals surface area contributed by atoms with Crippen LogP contribution in [0.15, 0.2) is 18.5 Å². The topological polar surface area (TPSA) is 95.1 Å². The maximum Gasteiger partial charge on any atom is 0.340 e. The number of methoxy groups -OCH3 is 1. The summed E-state index contributed by atoms with van der Waals surface area (Å²) in [5, 5.41) is 11.1. The molecular formula is C14H19N5O2. The first kappa shape index (κ1) is 14.8. The van der Waals surface area contributed by atoms with E-state index in [-0.39, 0.29) is 0 Å². The molecule has 112 valence electrons. The lowest BCUT2D eigenvalue weighted by molar-refractivity contribution is 0.0602. The van der Waals surface area contributed by atoms with Crippen molar-refractivity contribution in [3.8, 4) is 0 Å². The third-order valence-corrected chi connectivity index (χ3v) is 3.28. The Hall–Kier alpha value is -2.57. The van der Waals surface area contributed by atoms with Gasteiger partial charge in [-0.25, -0.2) is 4.79 Å². The molecule has 3 N–H and O–H groups in total. The van der Waals surface area contributed by atoms with E-state index in [0.29, 0.717) is 17.8 Å². The lowest BCUT2D eigenvalue weighted by atomic mass is 10.1. The van der Waals surface area contributed by atoms with Gasteiger partial charge in [0.2, 0.25) is 0 Å². The third kappa shape index (κ3) is 3.31. The summed E-state index contributed by atoms with van der Waals surface area (Å²) in [6.45, 7) is 2.53. The molecule has 0 aliphatic carbocycles. The molecule has 1 heterocycles. The number of nitrogen functional groups attached to an aromatic ring is 1. The number of aromatic nitrogens is 3. The van der Waals surface area contributed by atoms with Crippen LogP contribution in [0.1, 0.15) is 21.7 Å². The van der Waals surface area contributed by atoms with Crippen molar-refractivity contribution in [2.24, 2.45) is 7.05 Å². The van der Waals surface area contributed by atoms with Crippen LogP contribution in [0, 0.1) is 6.92 Å². The highest BCUT2D eigenvalue weighted by Crippen LogP contribution is 2.23. The summed E-state index contributed by atoms with van der Waals surface area (Å²) >= 11 is 0. The number of carbonyl (C=O) groups is 1. The smallest absolute Gasteiger partial charge is 0.340 e. The van der Waals surface area contributed by atoms with E-state index < -0.39 is 5.97 Å². The molecule has 0 saturated carbocycles. The average molecular weight is 289 g/mol. The zero-order chi connectivity index (χ0) is 15.4. The van der Waals surface area contributed by atoms with Crippen molar-refractivity contribution in [1.29, 1.82) is 0 Å². The predicted octanol–water partition coefficient (Wildman–Crippen LogP) is 1.15. The Morgan fingerprint density at radius 2 is 2.24 bits per heavy atom. The van der Waals surface area contributed by atoms with E-state index in [1.54, 1.807) is 12.4 Å². The molecule has 0 unspecified atom stereocenters. The summed E-state index contributed by atoms with van der Waals surface area (Å²) in [6.07, 6.45) is 2.39. The summed E-state index contributed by atoms with van der Waals surface area (Å²) in [7, 11) is 3.24. The van der Waals surface area contributed by atoms with Gasteiger partial charge in [0, 0.05) is 31.4 Å². The first-order valence-corrected chi connectivity index (χ1v) is 6.58. The van der Waals surface area contributed by atoms with Gasteiger partial charge in [0.05, 0.1) is 12.7 Å². The van der Waals surface area contributed by atoms with Crippen LogP contribution < -0.4 is 11.1 Å². The van der Waals surface area contributed by atoms with Crippen molar-refractivity contribution in [3.05, 3.63) is 35.4 Å². The van der Waals surface area contributed by atoms with Gasteiger partial charge in [0.1, 0.15) is 12.2 Å². The molecule has 0 atom stereocenters. The number of nitrogens with zero attached hydrogens (tertiary/aromatic N) is 3. The Kier molecular flexibility index (Phi) is 4.42. The molecule has 0 aliphatic heterocycles. The molecule has 7 nitrogen and oxygen atoms in total. The lowest BCUT2D eigenvalue weighted by Gasteiger charge is -2.12. The standard InChI is InChI=1S/C14H19N5O2/c1-9-6-10(7-11(13(9)15)14(20)21-3)16-5-4-12-18-17-8-19(12)2/h6-8,16H,4-5,15H2,1-3H3. The van der Waals surface area contributed by atoms with Crippen LogP contribution in [0.4, 0.5) is 11.4 Å². The second-order valence-electron chi connectivity index (χ2n) is 4.78. The zero-order valence-electron chi connectivity index (χ0n) is 12.4. The Bertz CT molecular complexity index is 651. The van der Waals surface area contributed by atoms with Crippen molar-refractivity contribution < 1.29 is 9.53 Å².